The summed E-state index contributed by atoms with van der Waals surface area (Å²) in [6.07, 6.45) is 23.0. The van der Waals surface area contributed by atoms with Crippen molar-refractivity contribution in [3.63, 3.8) is 0 Å². The van der Waals surface area contributed by atoms with Crippen molar-refractivity contribution in [2.24, 2.45) is 20.5 Å². The quantitative estimate of drug-likeness (QED) is 0.00369. The molecule has 4 aromatic rings. The van der Waals surface area contributed by atoms with E-state index in [2.05, 4.69) is 99.9 Å². The molecule has 0 spiro atoms. The van der Waals surface area contributed by atoms with Gasteiger partial charge in [0.25, 0.3) is 0 Å². The molecule has 44 heteroatoms. The summed E-state index contributed by atoms with van der Waals surface area (Å²) < 4.78 is 258. The second-order valence-electron chi connectivity index (χ2n) is 22.3. The van der Waals surface area contributed by atoms with Gasteiger partial charge in [0.15, 0.2) is 93.1 Å². The molecule has 0 aliphatic rings. The van der Waals surface area contributed by atoms with Crippen molar-refractivity contribution in [2.45, 2.75) is 141 Å². The highest BCUT2D eigenvalue weighted by Gasteiger charge is 2.34. The summed E-state index contributed by atoms with van der Waals surface area (Å²) in [5.74, 6) is -35.3. The Kier molecular flexibility index (Phi) is 54.5. The zero-order valence-corrected chi connectivity index (χ0v) is 62.5. The Bertz CT molecular complexity index is 3660. The van der Waals surface area contributed by atoms with Crippen LogP contribution >= 0.6 is 50.5 Å². The molecule has 0 radical (unpaired) electrons. The van der Waals surface area contributed by atoms with Gasteiger partial charge in [0.05, 0.1) is 59.5 Å². The number of carbonyl (C=O) groups excluding carboxylic acids is 4. The van der Waals surface area contributed by atoms with Crippen LogP contribution in [-0.4, -0.2) is 126 Å². The molecule has 4 aromatic carbocycles. The van der Waals surface area contributed by atoms with E-state index in [0.717, 1.165) is 75.9 Å². The van der Waals surface area contributed by atoms with E-state index in [0.29, 0.717) is 51.4 Å². The van der Waals surface area contributed by atoms with Crippen LogP contribution in [-0.2, 0) is 37.9 Å². The minimum atomic E-state index is -2.03. The molecule has 4 rings (SSSR count). The molecule has 0 heterocycles. The number of hydrogen-bond acceptors (Lipinski definition) is 20. The van der Waals surface area contributed by atoms with E-state index >= 15 is 0 Å². The Balaban J connectivity index is 0.000000762. The van der Waals surface area contributed by atoms with Gasteiger partial charge in [-0.2, -0.15) is 50.5 Å². The van der Waals surface area contributed by atoms with E-state index in [4.69, 9.17) is 45.8 Å². The van der Waals surface area contributed by atoms with Crippen molar-refractivity contribution < 1.29 is 127 Å². The number of rotatable bonds is 50. The van der Waals surface area contributed by atoms with Crippen molar-refractivity contribution in [1.82, 2.24) is 0 Å². The van der Waals surface area contributed by atoms with Gasteiger partial charge < -0.3 is 37.9 Å². The summed E-state index contributed by atoms with van der Waals surface area (Å²) in [7, 11) is 0. The largest absolute Gasteiger partial charge is 0.462 e. The smallest absolute Gasteiger partial charge is 0.344 e. The first-order valence-corrected chi connectivity index (χ1v) is 36.4. The number of unbranched alkanes of at least 4 members (excludes halogenated alkanes) is 19. The molecule has 24 nitrogen and oxygen atoms in total. The van der Waals surface area contributed by atoms with Crippen LogP contribution in [0.2, 0.25) is 0 Å². The Labute approximate surface area is 642 Å². The van der Waals surface area contributed by atoms with Gasteiger partial charge in [-0.3, -0.25) is 0 Å². The summed E-state index contributed by atoms with van der Waals surface area (Å²) in [5, 5.41) is 10.1. The van der Waals surface area contributed by atoms with Crippen molar-refractivity contribution in [3.8, 4) is 0 Å². The molecule has 0 N–H and O–H groups in total. The number of thiol groups is 4. The first-order chi connectivity index (χ1) is 52.8. The van der Waals surface area contributed by atoms with Crippen LogP contribution in [0.15, 0.2) is 20.5 Å². The first kappa shape index (κ1) is 100. The Morgan fingerprint density at radius 3 is 0.609 bits per heavy atom. The summed E-state index contributed by atoms with van der Waals surface area (Å²) >= 11 is 16.1. The monoisotopic (exact) mass is 1660 g/mol. The number of azide groups is 4. The third kappa shape index (κ3) is 35.6. The van der Waals surface area contributed by atoms with Crippen molar-refractivity contribution >= 4 is 97.1 Å². The van der Waals surface area contributed by atoms with Crippen LogP contribution < -0.4 is 0 Å². The van der Waals surface area contributed by atoms with E-state index in [-0.39, 0.29) is 45.4 Å². The first-order valence-electron chi connectivity index (χ1n) is 33.9. The van der Waals surface area contributed by atoms with Gasteiger partial charge in [-0.15, -0.1) is 0 Å². The highest BCUT2D eigenvalue weighted by atomic mass is 32.1. The molecule has 0 fully saturated rings. The zero-order chi connectivity index (χ0) is 82.3. The predicted octanol–water partition coefficient (Wildman–Crippen LogP) is 21.7. The van der Waals surface area contributed by atoms with E-state index < -0.39 is 169 Å². The van der Waals surface area contributed by atoms with Crippen LogP contribution in [0, 0.1) is 93.1 Å². The predicted molar refractivity (Wildman–Crippen MR) is 382 cm³/mol. The lowest BCUT2D eigenvalue weighted by molar-refractivity contribution is -0.00929. The fraction of sp³-hybridized carbons (Fsp3) is 0.576. The Hall–Kier alpha value is -7.88. The normalized spacial score (nSPS) is 10.6. The zero-order valence-electron chi connectivity index (χ0n) is 59.0. The number of ether oxygens (including phenoxy) is 8. The molecule has 0 amide bonds. The third-order valence-electron chi connectivity index (χ3n) is 14.5. The minimum Gasteiger partial charge on any atom is -0.462 e. The minimum absolute atomic E-state index is 0.0523. The molecule has 0 aromatic heterocycles. The van der Waals surface area contributed by atoms with Gasteiger partial charge >= 0.3 is 23.9 Å². The van der Waals surface area contributed by atoms with Gasteiger partial charge in [0.2, 0.25) is 0 Å². The number of halogens is 16. The van der Waals surface area contributed by atoms with E-state index in [1.54, 1.807) is 0 Å². The van der Waals surface area contributed by atoms with Gasteiger partial charge in [0.1, 0.15) is 58.2 Å². The topological polar surface area (TPSA) is 337 Å². The summed E-state index contributed by atoms with van der Waals surface area (Å²) in [6.45, 7) is 1.67. The molecule has 0 aliphatic carbocycles. The Morgan fingerprint density at radius 1 is 0.227 bits per heavy atom. The third-order valence-corrected chi connectivity index (χ3v) is 15.7. The second kappa shape index (κ2) is 59.9. The fourth-order valence-corrected chi connectivity index (χ4v) is 9.77. The van der Waals surface area contributed by atoms with E-state index in [9.17, 15) is 89.4 Å². The van der Waals surface area contributed by atoms with Crippen LogP contribution in [0.25, 0.3) is 41.8 Å². The SMILES string of the molecule is [N-]=[N+]=Nc1c(F)c(F)c(C(=O)OCCCCCCCCCCCS)c(F)c1F.[N-]=[N+]=Nc1c(F)c(F)c(C(=O)OCCCCCCS)c(F)c1F.[N-]=[N+]=Nc1c(F)c(F)c(C(=O)OCCOCCOCCOCCOCCCCCCCCCCCS)c(F)c1F.[N-]=[N+]=Nc1c(F)c(F)c(C(=O)OCCS)c(F)c1F. The van der Waals surface area contributed by atoms with E-state index in [1.165, 1.54) is 64.2 Å². The second-order valence-corrected chi connectivity index (χ2v) is 24.1. The van der Waals surface area contributed by atoms with Crippen LogP contribution in [0.3, 0.4) is 0 Å². The van der Waals surface area contributed by atoms with Gasteiger partial charge in [-0.1, -0.05) is 123 Å². The Morgan fingerprint density at radius 2 is 0.400 bits per heavy atom. The molecule has 612 valence electrons. The van der Waals surface area contributed by atoms with Crippen LogP contribution in [0.5, 0.6) is 0 Å². The van der Waals surface area contributed by atoms with Crippen molar-refractivity contribution in [1.29, 1.82) is 0 Å². The van der Waals surface area contributed by atoms with Crippen LogP contribution in [0.1, 0.15) is 183 Å². The lowest BCUT2D eigenvalue weighted by Gasteiger charge is -2.10. The lowest BCUT2D eigenvalue weighted by atomic mass is 10.1. The molecular formula is C66H80F16N12O12S4. The summed E-state index contributed by atoms with van der Waals surface area (Å²) in [4.78, 5) is 54.7. The standard InChI is InChI=1S/C26H39F4N3O6S.C18H23F4N3O2S.C13H13F4N3O2S.C9H5F4N3O2S/c27-21-20(22(28)24(30)25(23(21)29)32-33-31)26(34)39-18-17-38-16-15-37-14-13-36-12-11-35-10-8-6-4-2-1-3-5-7-9-19-40;19-13-12(14(20)16(22)17(15(13)21)24-25-23)18(26)27-10-8-6-4-2-1-3-5-7-9-11-28;14-8-7(13(21)22-5-3-1-2-4-6-23)9(15)11(17)12(10(8)16)19-20-18;10-4-3(9(17)18-1-2-19)5(11)7(13)8(6(4)12)15-16-14/h40H,1-19H2;28H,1-11H2;23H,1-6H2;19H,1-2H2. The highest BCUT2D eigenvalue weighted by Crippen LogP contribution is 2.35. The molecule has 0 bridgehead atoms. The van der Waals surface area contributed by atoms with Gasteiger partial charge in [-0.05, 0) is 77.9 Å². The number of hydrogen-bond donors (Lipinski definition) is 4. The number of benzene rings is 4. The number of carbonyl (C=O) groups is 4. The van der Waals surface area contributed by atoms with Crippen LogP contribution in [0.4, 0.5) is 93.0 Å². The maximum Gasteiger partial charge on any atom is 0.344 e. The average Bonchev–Trinajstić information content (AvgIpc) is 0.809. The maximum atomic E-state index is 13.9. The summed E-state index contributed by atoms with van der Waals surface area (Å²) in [6, 6.07) is 0. The van der Waals surface area contributed by atoms with E-state index in [1.807, 2.05) is 4.91 Å². The molecule has 0 saturated heterocycles. The molecule has 110 heavy (non-hydrogen) atoms. The van der Waals surface area contributed by atoms with Crippen molar-refractivity contribution in [3.05, 3.63) is 157 Å². The fourth-order valence-electron chi connectivity index (χ4n) is 9.01. The van der Waals surface area contributed by atoms with Gasteiger partial charge in [-0.25, -0.2) is 89.4 Å². The molecular weight excluding hydrogens is 1590 g/mol. The summed E-state index contributed by atoms with van der Waals surface area (Å²) in [5.41, 5.74) is 20.5. The van der Waals surface area contributed by atoms with Gasteiger partial charge in [0, 0.05) is 32.0 Å². The number of esters is 4. The van der Waals surface area contributed by atoms with Crippen molar-refractivity contribution in [2.75, 3.05) is 102 Å². The molecule has 0 saturated carbocycles. The lowest BCUT2D eigenvalue weighted by Crippen LogP contribution is -2.17. The highest BCUT2D eigenvalue weighted by molar-refractivity contribution is 7.80. The molecule has 0 aliphatic heterocycles. The average molecular weight is 1670 g/mol. The number of nitrogens with zero attached hydrogens (tertiary/aromatic N) is 12. The molecule has 0 atom stereocenters. The molecule has 0 unspecified atom stereocenters. The maximum absolute atomic E-state index is 13.9.